The number of hydrogen-bond donors (Lipinski definition) is 0. The van der Waals surface area contributed by atoms with E-state index < -0.39 is 11.7 Å². The number of hydrogen-bond acceptors (Lipinski definition) is 4. The lowest BCUT2D eigenvalue weighted by molar-refractivity contribution is -0.137. The van der Waals surface area contributed by atoms with Crippen LogP contribution < -0.4 is 9.57 Å². The highest BCUT2D eigenvalue weighted by Gasteiger charge is 2.41. The Morgan fingerprint density at radius 3 is 2.54 bits per heavy atom. The molecule has 0 unspecified atom stereocenters. The minimum absolute atomic E-state index is 0.152. The van der Waals surface area contributed by atoms with Crippen LogP contribution in [-0.2, 0) is 6.18 Å². The molecule has 1 fully saturated rings. The summed E-state index contributed by atoms with van der Waals surface area (Å²) in [7, 11) is 1.61. The fourth-order valence-corrected chi connectivity index (χ4v) is 2.91. The topological polar surface area (TPSA) is 43.7 Å². The highest BCUT2D eigenvalue weighted by molar-refractivity contribution is 6.31. The first-order valence-electron chi connectivity index (χ1n) is 7.87. The Morgan fingerprint density at radius 1 is 1.27 bits per heavy atom. The predicted octanol–water partition coefficient (Wildman–Crippen LogP) is 5.32. The normalized spacial score (nSPS) is 20.0. The number of oxime groups is 1. The molecule has 3 rings (SSSR count). The zero-order valence-electron chi connectivity index (χ0n) is 14.0. The van der Waals surface area contributed by atoms with E-state index in [1.54, 1.807) is 7.11 Å². The first kappa shape index (κ1) is 18.5. The van der Waals surface area contributed by atoms with Crippen molar-refractivity contribution in [3.05, 3.63) is 52.7 Å². The maximum atomic E-state index is 12.6. The van der Waals surface area contributed by atoms with Gasteiger partial charge in [-0.2, -0.15) is 13.2 Å². The molecule has 0 radical (unpaired) electrons. The fourth-order valence-electron chi connectivity index (χ4n) is 2.71. The third-order valence-corrected chi connectivity index (χ3v) is 4.55. The smallest absolute Gasteiger partial charge is 0.417 e. The van der Waals surface area contributed by atoms with Gasteiger partial charge in [0.15, 0.2) is 0 Å². The van der Waals surface area contributed by atoms with E-state index in [0.29, 0.717) is 12.1 Å². The summed E-state index contributed by atoms with van der Waals surface area (Å²) >= 11 is 5.80. The number of alkyl halides is 3. The van der Waals surface area contributed by atoms with E-state index >= 15 is 0 Å². The van der Waals surface area contributed by atoms with Crippen molar-refractivity contribution in [1.29, 1.82) is 0 Å². The maximum Gasteiger partial charge on any atom is 0.417 e. The lowest BCUT2D eigenvalue weighted by Gasteiger charge is -2.08. The largest absolute Gasteiger partial charge is 0.497 e. The number of rotatable bonds is 5. The molecule has 1 aliphatic rings. The zero-order valence-corrected chi connectivity index (χ0v) is 14.8. The van der Waals surface area contributed by atoms with Gasteiger partial charge in [-0.15, -0.1) is 0 Å². The van der Waals surface area contributed by atoms with Crippen LogP contribution in [0.5, 0.6) is 11.6 Å². The van der Waals surface area contributed by atoms with Crippen molar-refractivity contribution < 1.29 is 22.7 Å². The monoisotopic (exact) mass is 384 g/mol. The summed E-state index contributed by atoms with van der Waals surface area (Å²) in [6.45, 7) is 1.81. The molecule has 1 heterocycles. The minimum atomic E-state index is -4.51. The molecule has 0 aliphatic heterocycles. The molecule has 0 amide bonds. The molecule has 1 aliphatic carbocycles. The number of ether oxygens (including phenoxy) is 1. The molecule has 0 saturated heterocycles. The lowest BCUT2D eigenvalue weighted by atomic mass is 10.1. The van der Waals surface area contributed by atoms with Crippen molar-refractivity contribution >= 4 is 17.3 Å². The van der Waals surface area contributed by atoms with E-state index in [9.17, 15) is 13.2 Å². The number of aromatic nitrogens is 1. The van der Waals surface area contributed by atoms with Gasteiger partial charge in [0.05, 0.1) is 18.4 Å². The van der Waals surface area contributed by atoms with Crippen LogP contribution in [0.4, 0.5) is 13.2 Å². The summed E-state index contributed by atoms with van der Waals surface area (Å²) in [5.41, 5.74) is 0.983. The Bertz CT molecular complexity index is 822. The van der Waals surface area contributed by atoms with E-state index in [1.807, 2.05) is 31.2 Å². The molecule has 0 spiro atoms. The number of pyridine rings is 1. The SMILES string of the molecule is COc1ccc([C@H]2C[C@@H]2/C(C)=N\Oc2ncc(C(F)(F)F)cc2Cl)cc1. The Kier molecular flexibility index (Phi) is 5.09. The Hall–Kier alpha value is -2.28. The predicted molar refractivity (Wildman–Crippen MR) is 91.8 cm³/mol. The van der Waals surface area contributed by atoms with Gasteiger partial charge in [0, 0.05) is 12.1 Å². The first-order valence-corrected chi connectivity index (χ1v) is 8.25. The van der Waals surface area contributed by atoms with E-state index in [1.165, 1.54) is 5.56 Å². The standard InChI is InChI=1S/C18H16ClF3N2O2/c1-10(14-8-15(14)11-3-5-13(25-2)6-4-11)24-26-17-16(19)7-12(9-23-17)18(20,21)22/h3-7,9,14-15H,8H2,1-2H3/b24-10-/t14-,15-/m1/s1. The summed E-state index contributed by atoms with van der Waals surface area (Å²) in [5.74, 6) is 1.20. The third kappa shape index (κ3) is 4.09. The molecule has 0 N–H and O–H groups in total. The molecule has 1 saturated carbocycles. The van der Waals surface area contributed by atoms with Crippen molar-refractivity contribution in [2.75, 3.05) is 7.11 Å². The average Bonchev–Trinajstić information content (AvgIpc) is 3.40. The molecule has 0 bridgehead atoms. The minimum Gasteiger partial charge on any atom is -0.497 e. The van der Waals surface area contributed by atoms with Crippen LogP contribution in [0.2, 0.25) is 5.02 Å². The Morgan fingerprint density at radius 2 is 1.96 bits per heavy atom. The second-order valence-corrected chi connectivity index (χ2v) is 6.46. The van der Waals surface area contributed by atoms with Gasteiger partial charge >= 0.3 is 6.18 Å². The molecule has 26 heavy (non-hydrogen) atoms. The van der Waals surface area contributed by atoms with Crippen molar-refractivity contribution in [1.82, 2.24) is 4.98 Å². The van der Waals surface area contributed by atoms with Gasteiger partial charge in [-0.05, 0) is 43.0 Å². The molecule has 8 heteroatoms. The van der Waals surface area contributed by atoms with Gasteiger partial charge in [0.1, 0.15) is 10.8 Å². The number of nitrogens with zero attached hydrogens (tertiary/aromatic N) is 2. The van der Waals surface area contributed by atoms with E-state index in [0.717, 1.165) is 23.9 Å². The zero-order chi connectivity index (χ0) is 18.9. The number of benzene rings is 1. The van der Waals surface area contributed by atoms with E-state index in [4.69, 9.17) is 21.2 Å². The summed E-state index contributed by atoms with van der Waals surface area (Å²) < 4.78 is 43.0. The third-order valence-electron chi connectivity index (χ3n) is 4.28. The molecular weight excluding hydrogens is 369 g/mol. The maximum absolute atomic E-state index is 12.6. The number of methoxy groups -OCH3 is 1. The Balaban J connectivity index is 1.64. The molecule has 2 atom stereocenters. The summed E-state index contributed by atoms with van der Waals surface area (Å²) in [4.78, 5) is 8.74. The highest BCUT2D eigenvalue weighted by atomic mass is 35.5. The van der Waals surface area contributed by atoms with Crippen LogP contribution in [0, 0.1) is 5.92 Å². The van der Waals surface area contributed by atoms with Gasteiger partial charge in [-0.1, -0.05) is 28.9 Å². The van der Waals surface area contributed by atoms with Gasteiger partial charge in [0.2, 0.25) is 0 Å². The summed E-state index contributed by atoms with van der Waals surface area (Å²) in [6.07, 6.45) is -2.91. The van der Waals surface area contributed by atoms with Crippen LogP contribution >= 0.6 is 11.6 Å². The summed E-state index contributed by atoms with van der Waals surface area (Å²) in [5, 5.41) is 3.75. The number of halogens is 4. The lowest BCUT2D eigenvalue weighted by Crippen LogP contribution is -2.06. The van der Waals surface area contributed by atoms with E-state index in [-0.39, 0.29) is 16.8 Å². The summed E-state index contributed by atoms with van der Waals surface area (Å²) in [6, 6.07) is 8.59. The molecule has 4 nitrogen and oxygen atoms in total. The van der Waals surface area contributed by atoms with Crippen LogP contribution in [0.25, 0.3) is 0 Å². The Labute approximate surface area is 153 Å². The second kappa shape index (κ2) is 7.15. The first-order chi connectivity index (χ1) is 12.3. The average molecular weight is 385 g/mol. The highest BCUT2D eigenvalue weighted by Crippen LogP contribution is 2.48. The second-order valence-electron chi connectivity index (χ2n) is 6.05. The van der Waals surface area contributed by atoms with Crippen molar-refractivity contribution in [3.63, 3.8) is 0 Å². The van der Waals surface area contributed by atoms with Crippen molar-refractivity contribution in [2.45, 2.75) is 25.4 Å². The van der Waals surface area contributed by atoms with Gasteiger partial charge in [-0.3, -0.25) is 0 Å². The van der Waals surface area contributed by atoms with Crippen molar-refractivity contribution in [3.8, 4) is 11.6 Å². The van der Waals surface area contributed by atoms with Crippen molar-refractivity contribution in [2.24, 2.45) is 11.1 Å². The van der Waals surface area contributed by atoms with Crippen LogP contribution in [0.15, 0.2) is 41.7 Å². The molecular formula is C18H16ClF3N2O2. The molecule has 1 aromatic carbocycles. The van der Waals surface area contributed by atoms with Gasteiger partial charge in [0.25, 0.3) is 5.88 Å². The van der Waals surface area contributed by atoms with Crippen LogP contribution in [-0.4, -0.2) is 17.8 Å². The molecule has 138 valence electrons. The van der Waals surface area contributed by atoms with Crippen LogP contribution in [0.3, 0.4) is 0 Å². The van der Waals surface area contributed by atoms with Gasteiger partial charge < -0.3 is 9.57 Å². The van der Waals surface area contributed by atoms with Gasteiger partial charge in [-0.25, -0.2) is 4.98 Å². The molecule has 2 aromatic rings. The fraction of sp³-hybridized carbons (Fsp3) is 0.333. The van der Waals surface area contributed by atoms with Crippen LogP contribution in [0.1, 0.15) is 30.4 Å². The molecule has 1 aromatic heterocycles. The van der Waals surface area contributed by atoms with E-state index in [2.05, 4.69) is 10.1 Å². The quantitative estimate of drug-likeness (QED) is 0.517.